The monoisotopic (exact) mass is 473 g/mol. The van der Waals surface area contributed by atoms with E-state index in [2.05, 4.69) is 21.5 Å². The number of nitrogens with zero attached hydrogens (tertiary/aromatic N) is 4. The fourth-order valence-electron chi connectivity index (χ4n) is 4.30. The predicted octanol–water partition coefficient (Wildman–Crippen LogP) is 3.88. The lowest BCUT2D eigenvalue weighted by Gasteiger charge is -2.17. The highest BCUT2D eigenvalue weighted by Crippen LogP contribution is 2.27. The number of hydrogen-bond acceptors (Lipinski definition) is 7. The average molecular weight is 474 g/mol. The van der Waals surface area contributed by atoms with Gasteiger partial charge in [0.05, 0.1) is 43.1 Å². The first-order chi connectivity index (χ1) is 17.1. The molecule has 35 heavy (non-hydrogen) atoms. The van der Waals surface area contributed by atoms with Gasteiger partial charge in [0, 0.05) is 42.5 Å². The van der Waals surface area contributed by atoms with Gasteiger partial charge in [0.15, 0.2) is 0 Å². The molecule has 1 aliphatic heterocycles. The van der Waals surface area contributed by atoms with Crippen molar-refractivity contribution in [2.24, 2.45) is 0 Å². The number of fused-ring (bicyclic) bond motifs is 2. The minimum Gasteiger partial charge on any atom is -0.493 e. The first-order valence-electron chi connectivity index (χ1n) is 11.6. The fraction of sp³-hybridized carbons (Fsp3) is 0.308. The maximum atomic E-state index is 11.5. The Labute approximate surface area is 202 Å². The normalized spacial score (nSPS) is 13.6. The van der Waals surface area contributed by atoms with Gasteiger partial charge in [-0.15, -0.1) is 0 Å². The lowest BCUT2D eigenvalue weighted by atomic mass is 10.1. The van der Waals surface area contributed by atoms with Gasteiger partial charge in [-0.2, -0.15) is 5.10 Å². The van der Waals surface area contributed by atoms with Crippen LogP contribution < -0.4 is 14.8 Å². The zero-order valence-electron chi connectivity index (χ0n) is 19.5. The number of aryl methyl sites for hydroxylation is 1. The fourth-order valence-corrected chi connectivity index (χ4v) is 4.30. The molecular weight excluding hydrogens is 446 g/mol. The molecule has 0 spiro atoms. The molecule has 180 valence electrons. The Hall–Kier alpha value is -4.14. The van der Waals surface area contributed by atoms with E-state index >= 15 is 0 Å². The number of pyridine rings is 2. The highest BCUT2D eigenvalue weighted by molar-refractivity contribution is 5.80. The number of anilines is 1. The quantitative estimate of drug-likeness (QED) is 0.377. The van der Waals surface area contributed by atoms with E-state index < -0.39 is 12.0 Å². The lowest BCUT2D eigenvalue weighted by molar-refractivity contribution is -0.137. The molecule has 0 saturated heterocycles. The maximum absolute atomic E-state index is 11.5. The number of aliphatic carboxylic acids is 1. The molecule has 0 radical (unpaired) electrons. The second kappa shape index (κ2) is 10.0. The minimum atomic E-state index is -0.916. The Bertz CT molecular complexity index is 1340. The van der Waals surface area contributed by atoms with Crippen LogP contribution in [-0.2, 0) is 17.6 Å². The molecule has 1 aromatic carbocycles. The summed E-state index contributed by atoms with van der Waals surface area (Å²) >= 11 is 0. The van der Waals surface area contributed by atoms with E-state index in [0.29, 0.717) is 12.5 Å². The number of carboxylic acid groups (broad SMARTS) is 1. The number of ether oxygens (including phenoxy) is 2. The molecule has 0 fully saturated rings. The number of aromatic nitrogens is 4. The third-order valence-electron chi connectivity index (χ3n) is 6.10. The summed E-state index contributed by atoms with van der Waals surface area (Å²) in [4.78, 5) is 20.5. The number of carbonyl (C=O) groups is 1. The van der Waals surface area contributed by atoms with Crippen molar-refractivity contribution >= 4 is 22.6 Å². The molecule has 4 heterocycles. The summed E-state index contributed by atoms with van der Waals surface area (Å²) in [5.74, 6) is 0.288. The van der Waals surface area contributed by atoms with Crippen molar-refractivity contribution in [3.05, 3.63) is 71.8 Å². The molecule has 9 heteroatoms. The summed E-state index contributed by atoms with van der Waals surface area (Å²) in [6.45, 7) is 1.52. The zero-order valence-corrected chi connectivity index (χ0v) is 19.5. The van der Waals surface area contributed by atoms with E-state index in [1.165, 1.54) is 7.11 Å². The van der Waals surface area contributed by atoms with Crippen LogP contribution >= 0.6 is 0 Å². The van der Waals surface area contributed by atoms with Gasteiger partial charge in [0.2, 0.25) is 5.88 Å². The van der Waals surface area contributed by atoms with Crippen LogP contribution in [0.4, 0.5) is 5.69 Å². The second-order valence-electron chi connectivity index (χ2n) is 8.50. The van der Waals surface area contributed by atoms with Crippen molar-refractivity contribution in [2.45, 2.75) is 31.7 Å². The molecule has 1 atom stereocenters. The van der Waals surface area contributed by atoms with E-state index in [4.69, 9.17) is 14.5 Å². The number of benzene rings is 1. The van der Waals surface area contributed by atoms with Gasteiger partial charge in [-0.3, -0.25) is 14.5 Å². The Morgan fingerprint density at radius 3 is 2.94 bits per heavy atom. The SMILES string of the molecule is COc1ccc([C@H](CC(=O)O)n2cc3cc(OCCc4ccc5c(n4)CCCN5)ccc3n2)cn1. The molecule has 0 bridgehead atoms. The second-order valence-corrected chi connectivity index (χ2v) is 8.50. The van der Waals surface area contributed by atoms with Crippen molar-refractivity contribution in [2.75, 3.05) is 25.6 Å². The average Bonchev–Trinajstić information content (AvgIpc) is 3.30. The molecule has 2 N–H and O–H groups in total. The maximum Gasteiger partial charge on any atom is 0.305 e. The van der Waals surface area contributed by atoms with E-state index in [1.807, 2.05) is 36.5 Å². The first kappa shape index (κ1) is 22.6. The van der Waals surface area contributed by atoms with Crippen molar-refractivity contribution in [1.29, 1.82) is 0 Å². The van der Waals surface area contributed by atoms with Crippen molar-refractivity contribution < 1.29 is 19.4 Å². The molecule has 4 aromatic rings. The third-order valence-corrected chi connectivity index (χ3v) is 6.10. The number of nitrogens with one attached hydrogen (secondary N) is 1. The zero-order chi connectivity index (χ0) is 24.2. The van der Waals surface area contributed by atoms with E-state index in [-0.39, 0.29) is 6.42 Å². The molecule has 0 saturated carbocycles. The Morgan fingerprint density at radius 1 is 1.23 bits per heavy atom. The topological polar surface area (TPSA) is 111 Å². The Kier molecular flexibility index (Phi) is 6.47. The summed E-state index contributed by atoms with van der Waals surface area (Å²) in [5.41, 5.74) is 4.79. The summed E-state index contributed by atoms with van der Waals surface area (Å²) in [5, 5.41) is 18.3. The van der Waals surface area contributed by atoms with Gasteiger partial charge < -0.3 is 19.9 Å². The first-order valence-corrected chi connectivity index (χ1v) is 11.6. The third kappa shape index (κ3) is 5.18. The smallest absolute Gasteiger partial charge is 0.305 e. The summed E-state index contributed by atoms with van der Waals surface area (Å²) in [6, 6.07) is 12.9. The highest BCUT2D eigenvalue weighted by atomic mass is 16.5. The van der Waals surface area contributed by atoms with E-state index in [9.17, 15) is 9.90 Å². The Balaban J connectivity index is 1.29. The molecule has 0 aliphatic carbocycles. The van der Waals surface area contributed by atoms with Crippen LogP contribution in [0.1, 0.15) is 35.8 Å². The highest BCUT2D eigenvalue weighted by Gasteiger charge is 2.20. The minimum absolute atomic E-state index is 0.116. The summed E-state index contributed by atoms with van der Waals surface area (Å²) < 4.78 is 12.8. The van der Waals surface area contributed by atoms with Crippen molar-refractivity contribution in [3.8, 4) is 11.6 Å². The van der Waals surface area contributed by atoms with E-state index in [0.717, 1.165) is 65.1 Å². The van der Waals surface area contributed by atoms with Gasteiger partial charge in [-0.05, 0) is 54.8 Å². The van der Waals surface area contributed by atoms with Gasteiger partial charge in [-0.1, -0.05) is 0 Å². The van der Waals surface area contributed by atoms with E-state index in [1.54, 1.807) is 16.9 Å². The van der Waals surface area contributed by atoms with Crippen LogP contribution in [0.3, 0.4) is 0 Å². The van der Waals surface area contributed by atoms with Gasteiger partial charge in [-0.25, -0.2) is 4.98 Å². The summed E-state index contributed by atoms with van der Waals surface area (Å²) in [7, 11) is 1.54. The standard InChI is InChI=1S/C26H27N5O4/c1-34-25-9-4-17(15-28-25)24(14-26(32)33)31-16-18-13-20(6-8-21(18)30-31)35-12-10-19-5-7-22-23(29-19)3-2-11-27-22/h4-9,13,15-16,24,27H,2-3,10-12,14H2,1H3,(H,32,33)/t24-/m0/s1. The number of methoxy groups -OCH3 is 1. The number of hydrogen-bond donors (Lipinski definition) is 2. The molecule has 1 aliphatic rings. The largest absolute Gasteiger partial charge is 0.493 e. The molecule has 9 nitrogen and oxygen atoms in total. The van der Waals surface area contributed by atoms with Crippen molar-refractivity contribution in [1.82, 2.24) is 19.7 Å². The molecule has 5 rings (SSSR count). The lowest BCUT2D eigenvalue weighted by Crippen LogP contribution is -2.16. The predicted molar refractivity (Wildman–Crippen MR) is 131 cm³/mol. The molecule has 0 amide bonds. The van der Waals surface area contributed by atoms with Gasteiger partial charge >= 0.3 is 5.97 Å². The molecule has 0 unspecified atom stereocenters. The van der Waals surface area contributed by atoms with Gasteiger partial charge in [0.25, 0.3) is 0 Å². The van der Waals surface area contributed by atoms with Crippen LogP contribution in [0.15, 0.2) is 54.9 Å². The molecule has 3 aromatic heterocycles. The summed E-state index contributed by atoms with van der Waals surface area (Å²) in [6.07, 6.45) is 6.18. The van der Waals surface area contributed by atoms with Crippen LogP contribution in [0.2, 0.25) is 0 Å². The Morgan fingerprint density at radius 2 is 2.14 bits per heavy atom. The van der Waals surface area contributed by atoms with Crippen LogP contribution in [0, 0.1) is 0 Å². The van der Waals surface area contributed by atoms with Gasteiger partial charge in [0.1, 0.15) is 5.75 Å². The van der Waals surface area contributed by atoms with Crippen molar-refractivity contribution in [3.63, 3.8) is 0 Å². The van der Waals surface area contributed by atoms with Crippen LogP contribution in [0.5, 0.6) is 11.6 Å². The molecular formula is C26H27N5O4. The van der Waals surface area contributed by atoms with Crippen LogP contribution in [0.25, 0.3) is 10.9 Å². The van der Waals surface area contributed by atoms with Crippen LogP contribution in [-0.4, -0.2) is 51.1 Å². The number of rotatable bonds is 9. The number of carboxylic acids is 1.